The van der Waals surface area contributed by atoms with E-state index in [1.165, 1.54) is 25.8 Å². The molecule has 1 atom stereocenters. The molecule has 1 saturated heterocycles. The number of piperidine rings is 1. The smallest absolute Gasteiger partial charge is 0.307 e. The monoisotopic (exact) mass is 277 g/mol. The quantitative estimate of drug-likeness (QED) is 0.868. The van der Waals surface area contributed by atoms with E-state index in [2.05, 4.69) is 11.9 Å². The first kappa shape index (κ1) is 14.9. The molecule has 4 heteroatoms. The van der Waals surface area contributed by atoms with Gasteiger partial charge >= 0.3 is 5.97 Å². The Balaban J connectivity index is 1.80. The minimum Gasteiger partial charge on any atom is -0.494 e. The summed E-state index contributed by atoms with van der Waals surface area (Å²) in [5, 5.41) is 8.79. The standard InChI is InChI=1S/C16H23NO3/c1-17-9-3-2-6-14(17)8-10-20-15-7-4-5-13(11-15)12-16(18)19/h4-5,7,11,14H,2-3,6,8-10,12H2,1H3,(H,18,19). The van der Waals surface area contributed by atoms with Crippen LogP contribution in [0.5, 0.6) is 5.75 Å². The molecule has 0 amide bonds. The van der Waals surface area contributed by atoms with Gasteiger partial charge in [-0.25, -0.2) is 0 Å². The van der Waals surface area contributed by atoms with Crippen LogP contribution in [0.15, 0.2) is 24.3 Å². The number of carboxylic acid groups (broad SMARTS) is 1. The van der Waals surface area contributed by atoms with Crippen molar-refractivity contribution >= 4 is 5.97 Å². The van der Waals surface area contributed by atoms with Crippen LogP contribution >= 0.6 is 0 Å². The maximum absolute atomic E-state index is 10.7. The van der Waals surface area contributed by atoms with Gasteiger partial charge in [-0.1, -0.05) is 18.6 Å². The molecular formula is C16H23NO3. The molecule has 0 radical (unpaired) electrons. The Kier molecular flexibility index (Phi) is 5.41. The minimum atomic E-state index is -0.814. The molecule has 1 unspecified atom stereocenters. The highest BCUT2D eigenvalue weighted by Crippen LogP contribution is 2.19. The van der Waals surface area contributed by atoms with Crippen LogP contribution in [0.25, 0.3) is 0 Å². The van der Waals surface area contributed by atoms with E-state index >= 15 is 0 Å². The fraction of sp³-hybridized carbons (Fsp3) is 0.562. The van der Waals surface area contributed by atoms with Crippen molar-refractivity contribution in [1.82, 2.24) is 4.90 Å². The van der Waals surface area contributed by atoms with Crippen LogP contribution < -0.4 is 4.74 Å². The largest absolute Gasteiger partial charge is 0.494 e. The number of hydrogen-bond acceptors (Lipinski definition) is 3. The van der Waals surface area contributed by atoms with Crippen molar-refractivity contribution in [2.45, 2.75) is 38.1 Å². The van der Waals surface area contributed by atoms with Crippen LogP contribution in [0.3, 0.4) is 0 Å². The lowest BCUT2D eigenvalue weighted by atomic mass is 10.0. The number of nitrogens with zero attached hydrogens (tertiary/aromatic N) is 1. The van der Waals surface area contributed by atoms with Crippen LogP contribution in [-0.2, 0) is 11.2 Å². The molecule has 1 aromatic carbocycles. The highest BCUT2D eigenvalue weighted by atomic mass is 16.5. The summed E-state index contributed by atoms with van der Waals surface area (Å²) in [5.41, 5.74) is 0.782. The van der Waals surface area contributed by atoms with Gasteiger partial charge in [-0.05, 0) is 50.6 Å². The molecule has 4 nitrogen and oxygen atoms in total. The average molecular weight is 277 g/mol. The van der Waals surface area contributed by atoms with E-state index in [1.54, 1.807) is 0 Å². The molecule has 110 valence electrons. The molecule has 0 bridgehead atoms. The molecule has 0 aromatic heterocycles. The summed E-state index contributed by atoms with van der Waals surface area (Å²) < 4.78 is 5.76. The summed E-state index contributed by atoms with van der Waals surface area (Å²) in [6.07, 6.45) is 4.93. The Labute approximate surface area is 120 Å². The number of aliphatic carboxylic acids is 1. The molecule has 1 fully saturated rings. The second-order valence-corrected chi connectivity index (χ2v) is 5.49. The van der Waals surface area contributed by atoms with E-state index in [4.69, 9.17) is 9.84 Å². The number of hydrogen-bond donors (Lipinski definition) is 1. The van der Waals surface area contributed by atoms with Crippen molar-refractivity contribution in [2.24, 2.45) is 0 Å². The Morgan fingerprint density at radius 2 is 2.30 bits per heavy atom. The lowest BCUT2D eigenvalue weighted by Gasteiger charge is -2.32. The van der Waals surface area contributed by atoms with Gasteiger partial charge < -0.3 is 14.7 Å². The number of carboxylic acids is 1. The van der Waals surface area contributed by atoms with Crippen LogP contribution in [0.2, 0.25) is 0 Å². The van der Waals surface area contributed by atoms with Gasteiger partial charge in [0.1, 0.15) is 5.75 Å². The number of carbonyl (C=O) groups is 1. The molecule has 0 spiro atoms. The Hall–Kier alpha value is -1.55. The van der Waals surface area contributed by atoms with E-state index in [0.717, 1.165) is 17.7 Å². The molecule has 1 aliphatic heterocycles. The Bertz CT molecular complexity index is 447. The van der Waals surface area contributed by atoms with Gasteiger partial charge in [0.05, 0.1) is 13.0 Å². The Morgan fingerprint density at radius 3 is 3.05 bits per heavy atom. The topological polar surface area (TPSA) is 49.8 Å². The first-order valence-corrected chi connectivity index (χ1v) is 7.29. The van der Waals surface area contributed by atoms with E-state index in [9.17, 15) is 4.79 Å². The molecule has 1 N–H and O–H groups in total. The van der Waals surface area contributed by atoms with E-state index in [-0.39, 0.29) is 6.42 Å². The second-order valence-electron chi connectivity index (χ2n) is 5.49. The third kappa shape index (κ3) is 4.53. The zero-order valence-electron chi connectivity index (χ0n) is 12.0. The molecule has 1 aliphatic rings. The SMILES string of the molecule is CN1CCCCC1CCOc1cccc(CC(=O)O)c1. The number of likely N-dealkylation sites (tertiary alicyclic amines) is 1. The minimum absolute atomic E-state index is 0.0442. The van der Waals surface area contributed by atoms with Crippen molar-refractivity contribution < 1.29 is 14.6 Å². The first-order chi connectivity index (χ1) is 9.65. The summed E-state index contributed by atoms with van der Waals surface area (Å²) >= 11 is 0. The highest BCUT2D eigenvalue weighted by molar-refractivity contribution is 5.70. The third-order valence-corrected chi connectivity index (χ3v) is 3.90. The molecule has 20 heavy (non-hydrogen) atoms. The van der Waals surface area contributed by atoms with E-state index < -0.39 is 5.97 Å². The second kappa shape index (κ2) is 7.29. The van der Waals surface area contributed by atoms with Gasteiger partial charge in [0.25, 0.3) is 0 Å². The number of ether oxygens (including phenoxy) is 1. The highest BCUT2D eigenvalue weighted by Gasteiger charge is 2.18. The van der Waals surface area contributed by atoms with Gasteiger partial charge in [-0.15, -0.1) is 0 Å². The lowest BCUT2D eigenvalue weighted by molar-refractivity contribution is -0.136. The van der Waals surface area contributed by atoms with Crippen molar-refractivity contribution in [2.75, 3.05) is 20.2 Å². The number of benzene rings is 1. The molecule has 2 rings (SSSR count). The summed E-state index contributed by atoms with van der Waals surface area (Å²) in [4.78, 5) is 13.1. The third-order valence-electron chi connectivity index (χ3n) is 3.90. The normalized spacial score (nSPS) is 19.8. The average Bonchev–Trinajstić information content (AvgIpc) is 2.41. The zero-order chi connectivity index (χ0) is 14.4. The fourth-order valence-corrected chi connectivity index (χ4v) is 2.74. The van der Waals surface area contributed by atoms with E-state index in [1.807, 2.05) is 24.3 Å². The molecule has 1 heterocycles. The maximum Gasteiger partial charge on any atom is 0.307 e. The summed E-state index contributed by atoms with van der Waals surface area (Å²) in [5.74, 6) is -0.0480. The van der Waals surface area contributed by atoms with Crippen LogP contribution in [0.4, 0.5) is 0 Å². The van der Waals surface area contributed by atoms with Crippen LogP contribution in [0.1, 0.15) is 31.2 Å². The van der Waals surface area contributed by atoms with Gasteiger partial charge in [0.2, 0.25) is 0 Å². The number of rotatable bonds is 6. The first-order valence-electron chi connectivity index (χ1n) is 7.29. The van der Waals surface area contributed by atoms with Crippen LogP contribution in [-0.4, -0.2) is 42.2 Å². The van der Waals surface area contributed by atoms with Crippen molar-refractivity contribution in [1.29, 1.82) is 0 Å². The van der Waals surface area contributed by atoms with Crippen molar-refractivity contribution in [3.05, 3.63) is 29.8 Å². The van der Waals surface area contributed by atoms with Crippen molar-refractivity contribution in [3.8, 4) is 5.75 Å². The molecule has 0 aliphatic carbocycles. The summed E-state index contributed by atoms with van der Waals surface area (Å²) in [6, 6.07) is 7.98. The van der Waals surface area contributed by atoms with Gasteiger partial charge in [0.15, 0.2) is 0 Å². The maximum atomic E-state index is 10.7. The van der Waals surface area contributed by atoms with Gasteiger partial charge in [0, 0.05) is 6.04 Å². The lowest BCUT2D eigenvalue weighted by Crippen LogP contribution is -2.37. The van der Waals surface area contributed by atoms with Crippen LogP contribution in [0, 0.1) is 0 Å². The summed E-state index contributed by atoms with van der Waals surface area (Å²) in [7, 11) is 2.18. The Morgan fingerprint density at radius 1 is 1.45 bits per heavy atom. The van der Waals surface area contributed by atoms with E-state index in [0.29, 0.717) is 12.6 Å². The summed E-state index contributed by atoms with van der Waals surface area (Å²) in [6.45, 7) is 1.87. The van der Waals surface area contributed by atoms with Gasteiger partial charge in [-0.2, -0.15) is 0 Å². The fourth-order valence-electron chi connectivity index (χ4n) is 2.74. The van der Waals surface area contributed by atoms with Crippen molar-refractivity contribution in [3.63, 3.8) is 0 Å². The molecule has 0 saturated carbocycles. The molecular weight excluding hydrogens is 254 g/mol. The predicted octanol–water partition coefficient (Wildman–Crippen LogP) is 2.57. The van der Waals surface area contributed by atoms with Gasteiger partial charge in [-0.3, -0.25) is 4.79 Å². The zero-order valence-corrected chi connectivity index (χ0v) is 12.0. The predicted molar refractivity (Wildman–Crippen MR) is 78.2 cm³/mol. The molecule has 1 aromatic rings.